The number of likely N-dealkylation sites (N-methyl/N-ethyl adjacent to an activating group) is 1. The third-order valence-electron chi connectivity index (χ3n) is 4.90. The lowest BCUT2D eigenvalue weighted by molar-refractivity contribution is -0.120. The van der Waals surface area contributed by atoms with Gasteiger partial charge in [0.2, 0.25) is 5.91 Å². The highest BCUT2D eigenvalue weighted by Crippen LogP contribution is 2.45. The molecule has 1 fully saturated rings. The van der Waals surface area contributed by atoms with Crippen molar-refractivity contribution in [2.24, 2.45) is 5.41 Å². The molecule has 0 unspecified atom stereocenters. The number of hydrogen-bond donors (Lipinski definition) is 0. The second kappa shape index (κ2) is 5.38. The van der Waals surface area contributed by atoms with E-state index >= 15 is 0 Å². The fourth-order valence-corrected chi connectivity index (χ4v) is 3.94. The summed E-state index contributed by atoms with van der Waals surface area (Å²) in [5.74, 6) is 0.757. The molecule has 3 nitrogen and oxygen atoms in total. The van der Waals surface area contributed by atoms with Gasteiger partial charge in [0.15, 0.2) is 0 Å². The Labute approximate surface area is 134 Å². The van der Waals surface area contributed by atoms with E-state index in [0.717, 1.165) is 25.2 Å². The first-order valence-corrected chi connectivity index (χ1v) is 8.37. The summed E-state index contributed by atoms with van der Waals surface area (Å²) in [6.45, 7) is 10.7. The summed E-state index contributed by atoms with van der Waals surface area (Å²) in [4.78, 5) is 17.5. The predicted molar refractivity (Wildman–Crippen MR) is 91.4 cm³/mol. The molecular formula is C19H28N2O. The highest BCUT2D eigenvalue weighted by Gasteiger charge is 2.44. The number of rotatable bonds is 1. The van der Waals surface area contributed by atoms with Crippen molar-refractivity contribution in [3.63, 3.8) is 0 Å². The number of aryl methyl sites for hydroxylation is 1. The van der Waals surface area contributed by atoms with E-state index in [9.17, 15) is 4.79 Å². The number of nitrogens with zero attached hydrogens (tertiary/aromatic N) is 2. The lowest BCUT2D eigenvalue weighted by Gasteiger charge is -2.37. The number of likely N-dealkylation sites (tertiary alicyclic amines) is 1. The van der Waals surface area contributed by atoms with Gasteiger partial charge < -0.3 is 9.80 Å². The molecule has 1 aromatic rings. The molecule has 120 valence electrons. The third kappa shape index (κ3) is 2.79. The summed E-state index contributed by atoms with van der Waals surface area (Å²) < 4.78 is 0. The van der Waals surface area contributed by atoms with Gasteiger partial charge in [-0.15, -0.1) is 0 Å². The van der Waals surface area contributed by atoms with Crippen molar-refractivity contribution in [2.45, 2.75) is 52.5 Å². The number of anilines is 1. The van der Waals surface area contributed by atoms with Crippen LogP contribution in [-0.2, 0) is 4.79 Å². The highest BCUT2D eigenvalue weighted by molar-refractivity contribution is 5.97. The van der Waals surface area contributed by atoms with Crippen LogP contribution in [0.5, 0.6) is 0 Å². The lowest BCUT2D eigenvalue weighted by Crippen LogP contribution is -2.47. The van der Waals surface area contributed by atoms with Crippen molar-refractivity contribution >= 4 is 11.6 Å². The Morgan fingerprint density at radius 3 is 2.73 bits per heavy atom. The molecular weight excluding hydrogens is 272 g/mol. The highest BCUT2D eigenvalue weighted by atomic mass is 16.2. The molecule has 0 aliphatic carbocycles. The van der Waals surface area contributed by atoms with Gasteiger partial charge in [-0.1, -0.05) is 38.5 Å². The molecule has 0 aromatic heterocycles. The standard InChI is InChI=1S/C19H28N2O/c1-13-6-7-16-14(10-13)15-12-20(5)9-8-17(15)21(16)18(22)11-19(2,3)4/h6-7,10,15,17H,8-9,11-12H2,1-5H3/t15-,17+/m0/s1. The monoisotopic (exact) mass is 300 g/mol. The van der Waals surface area contributed by atoms with Gasteiger partial charge in [0.1, 0.15) is 0 Å². The first-order valence-electron chi connectivity index (χ1n) is 8.37. The van der Waals surface area contributed by atoms with Gasteiger partial charge in [-0.3, -0.25) is 4.79 Å². The minimum absolute atomic E-state index is 0.0332. The minimum atomic E-state index is 0.0332. The topological polar surface area (TPSA) is 23.6 Å². The zero-order chi connectivity index (χ0) is 16.1. The van der Waals surface area contributed by atoms with Crippen LogP contribution in [0.2, 0.25) is 0 Å². The summed E-state index contributed by atoms with van der Waals surface area (Å²) >= 11 is 0. The molecule has 1 amide bonds. The zero-order valence-corrected chi connectivity index (χ0v) is 14.5. The number of benzene rings is 1. The summed E-state index contributed by atoms with van der Waals surface area (Å²) in [6, 6.07) is 6.93. The van der Waals surface area contributed by atoms with Gasteiger partial charge in [-0.25, -0.2) is 0 Å². The lowest BCUT2D eigenvalue weighted by atomic mass is 9.88. The third-order valence-corrected chi connectivity index (χ3v) is 4.90. The Balaban J connectivity index is 1.98. The average molecular weight is 300 g/mol. The van der Waals surface area contributed by atoms with E-state index in [1.165, 1.54) is 11.1 Å². The molecule has 0 N–H and O–H groups in total. The smallest absolute Gasteiger partial charge is 0.227 e. The van der Waals surface area contributed by atoms with Gasteiger partial charge in [-0.05, 0) is 44.0 Å². The maximum atomic E-state index is 13.0. The molecule has 0 radical (unpaired) electrons. The quantitative estimate of drug-likeness (QED) is 0.791. The number of fused-ring (bicyclic) bond motifs is 3. The minimum Gasteiger partial charge on any atom is -0.308 e. The zero-order valence-electron chi connectivity index (χ0n) is 14.5. The van der Waals surface area contributed by atoms with E-state index in [0.29, 0.717) is 18.4 Å². The van der Waals surface area contributed by atoms with Crippen LogP contribution >= 0.6 is 0 Å². The van der Waals surface area contributed by atoms with E-state index in [4.69, 9.17) is 0 Å². The molecule has 2 aliphatic heterocycles. The first kappa shape index (κ1) is 15.5. The van der Waals surface area contributed by atoms with Gasteiger partial charge in [0.05, 0.1) is 0 Å². The van der Waals surface area contributed by atoms with Crippen LogP contribution in [0.1, 0.15) is 50.7 Å². The van der Waals surface area contributed by atoms with Crippen LogP contribution < -0.4 is 4.90 Å². The maximum absolute atomic E-state index is 13.0. The van der Waals surface area contributed by atoms with Crippen molar-refractivity contribution < 1.29 is 4.79 Å². The van der Waals surface area contributed by atoms with Crippen molar-refractivity contribution in [3.8, 4) is 0 Å². The summed E-state index contributed by atoms with van der Waals surface area (Å²) in [5, 5.41) is 0. The SMILES string of the molecule is Cc1ccc2c(c1)[C@@H]1CN(C)CC[C@H]1N2C(=O)CC(C)(C)C. The molecule has 0 spiro atoms. The summed E-state index contributed by atoms with van der Waals surface area (Å²) in [6.07, 6.45) is 1.68. The largest absolute Gasteiger partial charge is 0.308 e. The predicted octanol–water partition coefficient (Wildman–Crippen LogP) is 3.57. The molecule has 2 atom stereocenters. The van der Waals surface area contributed by atoms with E-state index in [1.54, 1.807) is 0 Å². The van der Waals surface area contributed by atoms with E-state index in [1.807, 2.05) is 0 Å². The average Bonchev–Trinajstić information content (AvgIpc) is 2.70. The van der Waals surface area contributed by atoms with Gasteiger partial charge in [-0.2, -0.15) is 0 Å². The Bertz CT molecular complexity index is 588. The molecule has 1 aromatic carbocycles. The van der Waals surface area contributed by atoms with Gasteiger partial charge >= 0.3 is 0 Å². The Hall–Kier alpha value is -1.35. The summed E-state index contributed by atoms with van der Waals surface area (Å²) in [7, 11) is 2.19. The molecule has 1 saturated heterocycles. The fourth-order valence-electron chi connectivity index (χ4n) is 3.94. The van der Waals surface area contributed by atoms with Crippen LogP contribution in [-0.4, -0.2) is 37.0 Å². The molecule has 22 heavy (non-hydrogen) atoms. The van der Waals surface area contributed by atoms with Gasteiger partial charge in [0.25, 0.3) is 0 Å². The molecule has 2 aliphatic rings. The van der Waals surface area contributed by atoms with Crippen molar-refractivity contribution in [3.05, 3.63) is 29.3 Å². The van der Waals surface area contributed by atoms with Crippen LogP contribution in [0.4, 0.5) is 5.69 Å². The fraction of sp³-hybridized carbons (Fsp3) is 0.632. The molecule has 0 bridgehead atoms. The number of amides is 1. The number of carbonyl (C=O) groups excluding carboxylic acids is 1. The van der Waals surface area contributed by atoms with Crippen molar-refractivity contribution in [2.75, 3.05) is 25.0 Å². The molecule has 3 rings (SSSR count). The van der Waals surface area contributed by atoms with Crippen molar-refractivity contribution in [1.82, 2.24) is 4.90 Å². The molecule has 2 heterocycles. The van der Waals surface area contributed by atoms with Crippen LogP contribution in [0.25, 0.3) is 0 Å². The number of hydrogen-bond acceptors (Lipinski definition) is 2. The van der Waals surface area contributed by atoms with Crippen LogP contribution in [0.3, 0.4) is 0 Å². The maximum Gasteiger partial charge on any atom is 0.227 e. The number of piperidine rings is 1. The van der Waals surface area contributed by atoms with E-state index in [2.05, 4.69) is 62.7 Å². The van der Waals surface area contributed by atoms with E-state index < -0.39 is 0 Å². The van der Waals surface area contributed by atoms with E-state index in [-0.39, 0.29) is 11.3 Å². The molecule has 3 heteroatoms. The first-order chi connectivity index (χ1) is 10.3. The summed E-state index contributed by atoms with van der Waals surface area (Å²) in [5.41, 5.74) is 3.85. The normalized spacial score (nSPS) is 25.0. The van der Waals surface area contributed by atoms with Crippen LogP contribution in [0, 0.1) is 12.3 Å². The van der Waals surface area contributed by atoms with Crippen LogP contribution in [0.15, 0.2) is 18.2 Å². The number of carbonyl (C=O) groups is 1. The second-order valence-corrected chi connectivity index (χ2v) is 8.29. The Morgan fingerprint density at radius 1 is 1.32 bits per heavy atom. The Morgan fingerprint density at radius 2 is 2.05 bits per heavy atom. The molecule has 0 saturated carbocycles. The van der Waals surface area contributed by atoms with Gasteiger partial charge in [0, 0.05) is 30.6 Å². The van der Waals surface area contributed by atoms with Crippen molar-refractivity contribution in [1.29, 1.82) is 0 Å². The second-order valence-electron chi connectivity index (χ2n) is 8.29. The Kier molecular flexibility index (Phi) is 3.80.